The summed E-state index contributed by atoms with van der Waals surface area (Å²) in [6.45, 7) is 0.789. The lowest BCUT2D eigenvalue weighted by atomic mass is 10.2. The standard InChI is InChI=1S/C13H17ClN6/c1-19(2)12-16-11(14)17-13(18-12)20(3)9-6-10-4-7-15-8-5-10/h4-5,7-8H,6,9H2,1-3H3. The monoisotopic (exact) mass is 292 g/mol. The van der Waals surface area contributed by atoms with Crippen LogP contribution in [0.4, 0.5) is 11.9 Å². The summed E-state index contributed by atoms with van der Waals surface area (Å²) in [7, 11) is 5.67. The molecule has 2 rings (SSSR count). The van der Waals surface area contributed by atoms with Gasteiger partial charge >= 0.3 is 0 Å². The van der Waals surface area contributed by atoms with E-state index in [0.717, 1.165) is 13.0 Å². The maximum absolute atomic E-state index is 5.93. The van der Waals surface area contributed by atoms with Gasteiger partial charge in [-0.2, -0.15) is 15.0 Å². The smallest absolute Gasteiger partial charge is 0.231 e. The van der Waals surface area contributed by atoms with Crippen molar-refractivity contribution < 1.29 is 0 Å². The highest BCUT2D eigenvalue weighted by molar-refractivity contribution is 6.28. The number of aromatic nitrogens is 4. The Morgan fingerprint density at radius 3 is 2.30 bits per heavy atom. The van der Waals surface area contributed by atoms with Gasteiger partial charge in [0.1, 0.15) is 0 Å². The van der Waals surface area contributed by atoms with Crippen LogP contribution in [0.3, 0.4) is 0 Å². The molecule has 0 amide bonds. The van der Waals surface area contributed by atoms with E-state index in [4.69, 9.17) is 11.6 Å². The molecule has 0 spiro atoms. The SMILES string of the molecule is CN(C)c1nc(Cl)nc(N(C)CCc2ccncc2)n1. The van der Waals surface area contributed by atoms with Crippen molar-refractivity contribution in [1.82, 2.24) is 19.9 Å². The summed E-state index contributed by atoms with van der Waals surface area (Å²) in [5.41, 5.74) is 1.22. The molecule has 0 atom stereocenters. The van der Waals surface area contributed by atoms with Gasteiger partial charge in [0.15, 0.2) is 0 Å². The van der Waals surface area contributed by atoms with Gasteiger partial charge in [-0.3, -0.25) is 4.98 Å². The van der Waals surface area contributed by atoms with Crippen molar-refractivity contribution in [3.8, 4) is 0 Å². The van der Waals surface area contributed by atoms with Crippen LogP contribution in [0.5, 0.6) is 0 Å². The molecule has 7 heteroatoms. The van der Waals surface area contributed by atoms with Gasteiger partial charge < -0.3 is 9.80 Å². The summed E-state index contributed by atoms with van der Waals surface area (Å²) in [5, 5.41) is 0.203. The maximum Gasteiger partial charge on any atom is 0.231 e. The lowest BCUT2D eigenvalue weighted by Crippen LogP contribution is -2.24. The van der Waals surface area contributed by atoms with Gasteiger partial charge in [0.05, 0.1) is 0 Å². The Morgan fingerprint density at radius 2 is 1.65 bits per heavy atom. The molecule has 0 fully saturated rings. The summed E-state index contributed by atoms with van der Waals surface area (Å²) in [4.78, 5) is 20.4. The fourth-order valence-electron chi connectivity index (χ4n) is 1.65. The molecule has 0 aliphatic rings. The summed E-state index contributed by atoms with van der Waals surface area (Å²) >= 11 is 5.93. The van der Waals surface area contributed by atoms with Gasteiger partial charge in [-0.05, 0) is 35.7 Å². The Kier molecular flexibility index (Phi) is 4.68. The predicted molar refractivity (Wildman–Crippen MR) is 80.4 cm³/mol. The topological polar surface area (TPSA) is 58.0 Å². The largest absolute Gasteiger partial charge is 0.347 e. The number of pyridine rings is 1. The third-order valence-electron chi connectivity index (χ3n) is 2.81. The van der Waals surface area contributed by atoms with Crippen molar-refractivity contribution in [3.63, 3.8) is 0 Å². The minimum Gasteiger partial charge on any atom is -0.347 e. The first-order chi connectivity index (χ1) is 9.56. The van der Waals surface area contributed by atoms with Crippen LogP contribution < -0.4 is 9.80 Å². The van der Waals surface area contributed by atoms with Crippen molar-refractivity contribution in [1.29, 1.82) is 0 Å². The van der Waals surface area contributed by atoms with Crippen LogP contribution >= 0.6 is 11.6 Å². The fraction of sp³-hybridized carbons (Fsp3) is 0.385. The maximum atomic E-state index is 5.93. The Labute approximate surface area is 123 Å². The molecule has 0 radical (unpaired) electrons. The van der Waals surface area contributed by atoms with Gasteiger partial charge in [0.25, 0.3) is 0 Å². The number of likely N-dealkylation sites (N-methyl/N-ethyl adjacent to an activating group) is 1. The van der Waals surface area contributed by atoms with Crippen LogP contribution in [0, 0.1) is 0 Å². The van der Waals surface area contributed by atoms with E-state index in [1.807, 2.05) is 38.2 Å². The Morgan fingerprint density at radius 1 is 1.00 bits per heavy atom. The molecule has 0 aliphatic carbocycles. The highest BCUT2D eigenvalue weighted by atomic mass is 35.5. The molecule has 0 unspecified atom stereocenters. The highest BCUT2D eigenvalue weighted by Crippen LogP contribution is 2.14. The highest BCUT2D eigenvalue weighted by Gasteiger charge is 2.10. The molecular formula is C13H17ClN6. The zero-order valence-corrected chi connectivity index (χ0v) is 12.5. The van der Waals surface area contributed by atoms with Crippen LogP contribution in [-0.2, 0) is 6.42 Å². The van der Waals surface area contributed by atoms with Crippen molar-refractivity contribution >= 4 is 23.5 Å². The number of hydrogen-bond donors (Lipinski definition) is 0. The molecule has 20 heavy (non-hydrogen) atoms. The Bertz CT molecular complexity index is 560. The zero-order valence-electron chi connectivity index (χ0n) is 11.8. The second kappa shape index (κ2) is 6.47. The molecule has 0 saturated carbocycles. The molecule has 0 saturated heterocycles. The van der Waals surface area contributed by atoms with E-state index in [0.29, 0.717) is 11.9 Å². The summed E-state index contributed by atoms with van der Waals surface area (Å²) in [6.07, 6.45) is 4.47. The number of anilines is 2. The first kappa shape index (κ1) is 14.5. The first-order valence-electron chi connectivity index (χ1n) is 6.25. The number of nitrogens with zero attached hydrogens (tertiary/aromatic N) is 6. The second-order valence-electron chi connectivity index (χ2n) is 4.63. The zero-order chi connectivity index (χ0) is 14.5. The molecule has 0 bridgehead atoms. The number of halogens is 1. The summed E-state index contributed by atoms with van der Waals surface area (Å²) in [5.74, 6) is 1.12. The molecule has 0 aliphatic heterocycles. The predicted octanol–water partition coefficient (Wildman–Crippen LogP) is 1.66. The van der Waals surface area contributed by atoms with Gasteiger partial charge in [0, 0.05) is 40.1 Å². The van der Waals surface area contributed by atoms with Crippen molar-refractivity contribution in [2.24, 2.45) is 0 Å². The Balaban J connectivity index is 2.07. The van der Waals surface area contributed by atoms with Crippen LogP contribution in [0.2, 0.25) is 5.28 Å². The lowest BCUT2D eigenvalue weighted by molar-refractivity contribution is 0.821. The van der Waals surface area contributed by atoms with Gasteiger partial charge in [-0.25, -0.2) is 0 Å². The average Bonchev–Trinajstić information content (AvgIpc) is 2.45. The minimum absolute atomic E-state index is 0.203. The van der Waals surface area contributed by atoms with Crippen molar-refractivity contribution in [3.05, 3.63) is 35.4 Å². The molecule has 2 aromatic rings. The van der Waals surface area contributed by atoms with Crippen LogP contribution in [0.15, 0.2) is 24.5 Å². The van der Waals surface area contributed by atoms with Crippen LogP contribution in [0.1, 0.15) is 5.56 Å². The third-order valence-corrected chi connectivity index (χ3v) is 2.98. The molecular weight excluding hydrogens is 276 g/mol. The van der Waals surface area contributed by atoms with Gasteiger partial charge in [-0.15, -0.1) is 0 Å². The Hall–Kier alpha value is -1.95. The van der Waals surface area contributed by atoms with Crippen molar-refractivity contribution in [2.75, 3.05) is 37.5 Å². The van der Waals surface area contributed by atoms with Gasteiger partial charge in [0.2, 0.25) is 17.2 Å². The average molecular weight is 293 g/mol. The van der Waals surface area contributed by atoms with E-state index in [1.165, 1.54) is 5.56 Å². The molecule has 0 N–H and O–H groups in total. The number of hydrogen-bond acceptors (Lipinski definition) is 6. The molecule has 0 aromatic carbocycles. The lowest BCUT2D eigenvalue weighted by Gasteiger charge is -2.19. The van der Waals surface area contributed by atoms with E-state index in [2.05, 4.69) is 19.9 Å². The fourth-order valence-corrected chi connectivity index (χ4v) is 1.80. The van der Waals surface area contributed by atoms with E-state index in [1.54, 1.807) is 17.3 Å². The minimum atomic E-state index is 0.203. The van der Waals surface area contributed by atoms with E-state index in [-0.39, 0.29) is 5.28 Å². The van der Waals surface area contributed by atoms with E-state index in [9.17, 15) is 0 Å². The molecule has 106 valence electrons. The van der Waals surface area contributed by atoms with E-state index < -0.39 is 0 Å². The number of rotatable bonds is 5. The van der Waals surface area contributed by atoms with Gasteiger partial charge in [-0.1, -0.05) is 0 Å². The van der Waals surface area contributed by atoms with Crippen molar-refractivity contribution in [2.45, 2.75) is 6.42 Å². The summed E-state index contributed by atoms with van der Waals surface area (Å²) < 4.78 is 0. The first-order valence-corrected chi connectivity index (χ1v) is 6.63. The molecule has 2 heterocycles. The summed E-state index contributed by atoms with van der Waals surface area (Å²) in [6, 6.07) is 4.00. The molecule has 6 nitrogen and oxygen atoms in total. The quantitative estimate of drug-likeness (QED) is 0.835. The second-order valence-corrected chi connectivity index (χ2v) is 4.96. The third kappa shape index (κ3) is 3.77. The molecule has 2 aromatic heterocycles. The van der Waals surface area contributed by atoms with Crippen LogP contribution in [0.25, 0.3) is 0 Å². The van der Waals surface area contributed by atoms with Crippen LogP contribution in [-0.4, -0.2) is 47.6 Å². The normalized spacial score (nSPS) is 10.4. The van der Waals surface area contributed by atoms with E-state index >= 15 is 0 Å².